The first-order chi connectivity index (χ1) is 21.8. The molecule has 0 bridgehead atoms. The van der Waals surface area contributed by atoms with Gasteiger partial charge in [0.25, 0.3) is 5.91 Å². The van der Waals surface area contributed by atoms with Crippen LogP contribution in [0.15, 0.2) is 29.0 Å². The molecule has 4 rings (SSSR count). The van der Waals surface area contributed by atoms with Gasteiger partial charge >= 0.3 is 6.09 Å². The molecule has 2 aliphatic heterocycles. The van der Waals surface area contributed by atoms with Crippen molar-refractivity contribution in [3.8, 4) is 0 Å². The van der Waals surface area contributed by atoms with E-state index in [1.54, 1.807) is 40.1 Å². The lowest BCUT2D eigenvalue weighted by molar-refractivity contribution is -0.141. The van der Waals surface area contributed by atoms with Crippen molar-refractivity contribution in [3.63, 3.8) is 0 Å². The first kappa shape index (κ1) is 36.2. The van der Waals surface area contributed by atoms with E-state index in [4.69, 9.17) is 14.1 Å². The van der Waals surface area contributed by atoms with Crippen molar-refractivity contribution in [2.45, 2.75) is 111 Å². The fraction of sp³-hybridized carbons (Fsp3) is 0.686. The number of anilines is 1. The van der Waals surface area contributed by atoms with E-state index in [9.17, 15) is 19.5 Å². The Labute approximate surface area is 279 Å². The highest BCUT2D eigenvalue weighted by Crippen LogP contribution is 2.30. The number of carbonyl (C=O) groups is 3. The Morgan fingerprint density at radius 1 is 1.13 bits per heavy atom. The quantitative estimate of drug-likeness (QED) is 0.399. The van der Waals surface area contributed by atoms with Crippen LogP contribution in [0.1, 0.15) is 104 Å². The molecule has 2 aliphatic rings. The number of furan rings is 1. The third-order valence-electron chi connectivity index (χ3n) is 8.55. The van der Waals surface area contributed by atoms with E-state index in [1.165, 1.54) is 0 Å². The molecule has 0 aliphatic carbocycles. The Morgan fingerprint density at radius 2 is 1.81 bits per heavy atom. The number of rotatable bonds is 8. The van der Waals surface area contributed by atoms with Gasteiger partial charge in [-0.15, -0.1) is 0 Å². The number of likely N-dealkylation sites (tertiary alicyclic amines) is 2. The van der Waals surface area contributed by atoms with E-state index in [0.717, 1.165) is 0 Å². The third-order valence-corrected chi connectivity index (χ3v) is 8.55. The van der Waals surface area contributed by atoms with Crippen molar-refractivity contribution in [2.75, 3.05) is 38.0 Å². The molecule has 2 fully saturated rings. The molecule has 2 N–H and O–H groups in total. The van der Waals surface area contributed by atoms with E-state index in [2.05, 4.69) is 10.3 Å². The van der Waals surface area contributed by atoms with E-state index in [-0.39, 0.29) is 36.2 Å². The van der Waals surface area contributed by atoms with Crippen LogP contribution in [0.4, 0.5) is 10.6 Å². The van der Waals surface area contributed by atoms with Gasteiger partial charge in [0.05, 0.1) is 30.4 Å². The molecule has 2 saturated heterocycles. The van der Waals surface area contributed by atoms with Gasteiger partial charge in [0.15, 0.2) is 0 Å². The number of carbonyl (C=O) groups excluding carboxylic acids is 3. The summed E-state index contributed by atoms with van der Waals surface area (Å²) in [6, 6.07) is 3.18. The van der Waals surface area contributed by atoms with Gasteiger partial charge < -0.3 is 34.3 Å². The second-order valence-electron chi connectivity index (χ2n) is 15.8. The molecule has 3 amide bonds. The van der Waals surface area contributed by atoms with Crippen LogP contribution in [0.5, 0.6) is 0 Å². The third kappa shape index (κ3) is 9.68. The number of piperidine rings is 2. The smallest absolute Gasteiger partial charge is 0.410 e. The molecular formula is C35H54N6O6. The molecule has 0 aromatic carbocycles. The summed E-state index contributed by atoms with van der Waals surface area (Å²) >= 11 is 0. The molecule has 47 heavy (non-hydrogen) atoms. The molecule has 0 unspecified atom stereocenters. The standard InChI is InChI=1S/C35H54N6O6/c1-23(2)20-41(30(43)27-19-37-31(33(3,4)5)38-28(27)36-18-26-11-10-16-46-26)25-17-24(21-40(22-25)32(44)47-34(6,7)8)29(42)39-14-12-35(9,45)13-15-39/h10-11,16,19,23-25,45H,12-15,17-18,20-22H2,1-9H3,(H,36,37,38)/t24-,25+/m0/s1. The molecule has 2 aromatic rings. The lowest BCUT2D eigenvalue weighted by Gasteiger charge is -2.45. The van der Waals surface area contributed by atoms with Gasteiger partial charge in [-0.2, -0.15) is 0 Å². The van der Waals surface area contributed by atoms with E-state index in [1.807, 2.05) is 61.5 Å². The molecule has 0 radical (unpaired) electrons. The summed E-state index contributed by atoms with van der Waals surface area (Å²) in [5.41, 5.74) is -1.58. The number of nitrogens with zero attached hydrogens (tertiary/aromatic N) is 5. The molecule has 4 heterocycles. The van der Waals surface area contributed by atoms with Gasteiger partial charge in [0, 0.05) is 44.3 Å². The van der Waals surface area contributed by atoms with Gasteiger partial charge in [-0.3, -0.25) is 9.59 Å². The Hall–Kier alpha value is -3.67. The highest BCUT2D eigenvalue weighted by atomic mass is 16.6. The largest absolute Gasteiger partial charge is 0.467 e. The zero-order valence-corrected chi connectivity index (χ0v) is 29.6. The minimum atomic E-state index is -0.803. The average molecular weight is 655 g/mol. The Morgan fingerprint density at radius 3 is 2.38 bits per heavy atom. The second kappa shape index (κ2) is 14.2. The number of aliphatic hydroxyl groups is 1. The summed E-state index contributed by atoms with van der Waals surface area (Å²) in [5, 5.41) is 13.8. The van der Waals surface area contributed by atoms with Gasteiger partial charge in [-0.05, 0) is 65.0 Å². The molecule has 12 heteroatoms. The number of hydrogen-bond acceptors (Lipinski definition) is 9. The molecule has 260 valence electrons. The SMILES string of the molecule is CC(C)CN(C(=O)c1cnc(C(C)(C)C)nc1NCc1ccco1)[C@@H]1C[C@H](C(=O)N2CCC(C)(O)CC2)CN(C(=O)OC(C)(C)C)C1. The number of amides is 3. The monoisotopic (exact) mass is 654 g/mol. The van der Waals surface area contributed by atoms with Crippen molar-refractivity contribution < 1.29 is 28.6 Å². The molecule has 12 nitrogen and oxygen atoms in total. The topological polar surface area (TPSA) is 141 Å². The normalized spacial score (nSPS) is 20.2. The van der Waals surface area contributed by atoms with Crippen molar-refractivity contribution in [1.29, 1.82) is 0 Å². The Balaban J connectivity index is 1.68. The van der Waals surface area contributed by atoms with Crippen molar-refractivity contribution in [3.05, 3.63) is 41.7 Å². The molecule has 0 saturated carbocycles. The minimum absolute atomic E-state index is 0.0747. The lowest BCUT2D eigenvalue weighted by atomic mass is 9.89. The van der Waals surface area contributed by atoms with Crippen molar-refractivity contribution in [2.24, 2.45) is 11.8 Å². The van der Waals surface area contributed by atoms with Gasteiger partial charge in [-0.25, -0.2) is 14.8 Å². The second-order valence-corrected chi connectivity index (χ2v) is 15.8. The van der Waals surface area contributed by atoms with Crippen LogP contribution in [0.25, 0.3) is 0 Å². The van der Waals surface area contributed by atoms with E-state index < -0.39 is 29.3 Å². The minimum Gasteiger partial charge on any atom is -0.467 e. The maximum atomic E-state index is 14.6. The van der Waals surface area contributed by atoms with Crippen LogP contribution in [0.2, 0.25) is 0 Å². The zero-order valence-electron chi connectivity index (χ0n) is 29.6. The van der Waals surface area contributed by atoms with Crippen LogP contribution >= 0.6 is 0 Å². The van der Waals surface area contributed by atoms with E-state index >= 15 is 0 Å². The first-order valence-corrected chi connectivity index (χ1v) is 16.8. The Bertz CT molecular complexity index is 1380. The van der Waals surface area contributed by atoms with Gasteiger partial charge in [0.1, 0.15) is 28.6 Å². The predicted molar refractivity (Wildman–Crippen MR) is 179 cm³/mol. The maximum Gasteiger partial charge on any atom is 0.410 e. The summed E-state index contributed by atoms with van der Waals surface area (Å²) in [5.74, 6) is 0.886. The average Bonchev–Trinajstić information content (AvgIpc) is 3.50. The summed E-state index contributed by atoms with van der Waals surface area (Å²) in [6.07, 6.45) is 4.01. The summed E-state index contributed by atoms with van der Waals surface area (Å²) in [4.78, 5) is 56.5. The number of nitrogens with one attached hydrogen (secondary N) is 1. The van der Waals surface area contributed by atoms with Crippen molar-refractivity contribution in [1.82, 2.24) is 24.7 Å². The molecule has 2 aromatic heterocycles. The summed E-state index contributed by atoms with van der Waals surface area (Å²) < 4.78 is 11.3. The molecule has 0 spiro atoms. The zero-order chi connectivity index (χ0) is 34.7. The molecular weight excluding hydrogens is 600 g/mol. The maximum absolute atomic E-state index is 14.6. The first-order valence-electron chi connectivity index (χ1n) is 16.8. The van der Waals surface area contributed by atoms with Crippen LogP contribution in [-0.4, -0.2) is 97.6 Å². The fourth-order valence-corrected chi connectivity index (χ4v) is 5.98. The number of hydrogen-bond donors (Lipinski definition) is 2. The van der Waals surface area contributed by atoms with Gasteiger partial charge in [-0.1, -0.05) is 34.6 Å². The Kier molecular flexibility index (Phi) is 10.9. The summed E-state index contributed by atoms with van der Waals surface area (Å²) in [7, 11) is 0. The van der Waals surface area contributed by atoms with Crippen LogP contribution in [0.3, 0.4) is 0 Å². The highest BCUT2D eigenvalue weighted by molar-refractivity contribution is 5.98. The fourth-order valence-electron chi connectivity index (χ4n) is 5.98. The van der Waals surface area contributed by atoms with Gasteiger partial charge in [0.2, 0.25) is 5.91 Å². The highest BCUT2D eigenvalue weighted by Gasteiger charge is 2.42. The number of ether oxygens (including phenoxy) is 1. The van der Waals surface area contributed by atoms with Crippen molar-refractivity contribution >= 4 is 23.7 Å². The number of aromatic nitrogens is 2. The predicted octanol–water partition coefficient (Wildman–Crippen LogP) is 5.08. The lowest BCUT2D eigenvalue weighted by Crippen LogP contribution is -2.58. The van der Waals surface area contributed by atoms with E-state index in [0.29, 0.717) is 68.4 Å². The summed E-state index contributed by atoms with van der Waals surface area (Å²) in [6.45, 7) is 19.3. The van der Waals surface area contributed by atoms with Crippen LogP contribution in [-0.2, 0) is 21.5 Å². The molecule has 2 atom stereocenters. The van der Waals surface area contributed by atoms with Crippen LogP contribution < -0.4 is 5.32 Å². The van der Waals surface area contributed by atoms with Crippen LogP contribution in [0, 0.1) is 11.8 Å².